The minimum Gasteiger partial charge on any atom is -0.381 e. The number of nitrogens with two attached hydrogens (primary N) is 1. The molecule has 1 aromatic rings. The van der Waals surface area contributed by atoms with Crippen LogP contribution in [-0.4, -0.2) is 28.7 Å². The standard InChI is InChI=1S/C11H15N3O3/c1-14-6-8(10(12)15)9(13-11(14)16)7-2-4-17-5-3-7/h6-7H,2-5H2,1H3,(H2,12,15). The maximum atomic E-state index is 11.5. The van der Waals surface area contributed by atoms with E-state index in [1.54, 1.807) is 7.05 Å². The summed E-state index contributed by atoms with van der Waals surface area (Å²) in [6, 6.07) is 0. The third kappa shape index (κ3) is 2.36. The summed E-state index contributed by atoms with van der Waals surface area (Å²) in [6.07, 6.45) is 2.99. The van der Waals surface area contributed by atoms with E-state index in [2.05, 4.69) is 4.98 Å². The smallest absolute Gasteiger partial charge is 0.347 e. The Hall–Kier alpha value is -1.69. The van der Waals surface area contributed by atoms with Crippen LogP contribution in [0.25, 0.3) is 0 Å². The zero-order chi connectivity index (χ0) is 12.4. The lowest BCUT2D eigenvalue weighted by atomic mass is 9.93. The van der Waals surface area contributed by atoms with Gasteiger partial charge in [0.1, 0.15) is 0 Å². The molecular weight excluding hydrogens is 222 g/mol. The summed E-state index contributed by atoms with van der Waals surface area (Å²) in [5, 5.41) is 0. The van der Waals surface area contributed by atoms with Crippen molar-refractivity contribution in [2.24, 2.45) is 12.8 Å². The van der Waals surface area contributed by atoms with Crippen LogP contribution in [0.4, 0.5) is 0 Å². The third-order valence-electron chi connectivity index (χ3n) is 2.99. The van der Waals surface area contributed by atoms with E-state index in [4.69, 9.17) is 10.5 Å². The van der Waals surface area contributed by atoms with Crippen molar-refractivity contribution in [3.8, 4) is 0 Å². The minimum absolute atomic E-state index is 0.0835. The maximum absolute atomic E-state index is 11.5. The highest BCUT2D eigenvalue weighted by Gasteiger charge is 2.23. The van der Waals surface area contributed by atoms with Crippen LogP contribution in [0.15, 0.2) is 11.0 Å². The lowest BCUT2D eigenvalue weighted by Gasteiger charge is -2.22. The molecule has 6 nitrogen and oxygen atoms in total. The fourth-order valence-electron chi connectivity index (χ4n) is 2.03. The van der Waals surface area contributed by atoms with Crippen molar-refractivity contribution in [1.29, 1.82) is 0 Å². The second-order valence-corrected chi connectivity index (χ2v) is 4.18. The number of aryl methyl sites for hydroxylation is 1. The summed E-state index contributed by atoms with van der Waals surface area (Å²) < 4.78 is 6.52. The van der Waals surface area contributed by atoms with Gasteiger partial charge in [0.2, 0.25) is 0 Å². The molecule has 0 radical (unpaired) electrons. The summed E-state index contributed by atoms with van der Waals surface area (Å²) in [4.78, 5) is 26.9. The van der Waals surface area contributed by atoms with E-state index in [0.29, 0.717) is 24.5 Å². The Labute approximate surface area is 98.4 Å². The van der Waals surface area contributed by atoms with Crippen molar-refractivity contribution in [2.45, 2.75) is 18.8 Å². The Bertz CT molecular complexity index is 489. The molecule has 1 aliphatic heterocycles. The average molecular weight is 237 g/mol. The highest BCUT2D eigenvalue weighted by molar-refractivity contribution is 5.93. The van der Waals surface area contributed by atoms with Gasteiger partial charge in [-0.2, -0.15) is 4.98 Å². The Balaban J connectivity index is 2.46. The van der Waals surface area contributed by atoms with E-state index < -0.39 is 5.91 Å². The molecule has 0 bridgehead atoms. The number of carbonyl (C=O) groups excluding carboxylic acids is 1. The van der Waals surface area contributed by atoms with Crippen LogP contribution in [-0.2, 0) is 11.8 Å². The van der Waals surface area contributed by atoms with Crippen molar-refractivity contribution < 1.29 is 9.53 Å². The molecule has 0 aliphatic carbocycles. The van der Waals surface area contributed by atoms with Crippen LogP contribution in [0.2, 0.25) is 0 Å². The van der Waals surface area contributed by atoms with Crippen molar-refractivity contribution >= 4 is 5.91 Å². The van der Waals surface area contributed by atoms with E-state index >= 15 is 0 Å². The molecule has 1 aromatic heterocycles. The highest BCUT2D eigenvalue weighted by atomic mass is 16.5. The van der Waals surface area contributed by atoms with Gasteiger partial charge in [-0.25, -0.2) is 4.79 Å². The minimum atomic E-state index is -0.547. The van der Waals surface area contributed by atoms with Gasteiger partial charge in [0.15, 0.2) is 0 Å². The second kappa shape index (κ2) is 4.67. The predicted octanol–water partition coefficient (Wildman–Crippen LogP) is -0.227. The molecule has 0 aromatic carbocycles. The van der Waals surface area contributed by atoms with Gasteiger partial charge in [-0.05, 0) is 12.8 Å². The molecule has 2 heterocycles. The molecule has 2 rings (SSSR count). The lowest BCUT2D eigenvalue weighted by Crippen LogP contribution is -2.29. The molecule has 92 valence electrons. The number of primary amides is 1. The molecule has 1 amide bonds. The third-order valence-corrected chi connectivity index (χ3v) is 2.99. The summed E-state index contributed by atoms with van der Waals surface area (Å²) in [5.74, 6) is -0.463. The Morgan fingerprint density at radius 2 is 2.18 bits per heavy atom. The first-order valence-electron chi connectivity index (χ1n) is 5.54. The molecule has 1 saturated heterocycles. The Morgan fingerprint density at radius 3 is 2.76 bits per heavy atom. The molecule has 0 unspecified atom stereocenters. The summed E-state index contributed by atoms with van der Waals surface area (Å²) in [6.45, 7) is 1.25. The van der Waals surface area contributed by atoms with Gasteiger partial charge in [0.05, 0.1) is 11.3 Å². The molecule has 1 aliphatic rings. The first-order valence-corrected chi connectivity index (χ1v) is 5.54. The maximum Gasteiger partial charge on any atom is 0.347 e. The van der Waals surface area contributed by atoms with Gasteiger partial charge in [0.25, 0.3) is 5.91 Å². The topological polar surface area (TPSA) is 87.2 Å². The highest BCUT2D eigenvalue weighted by Crippen LogP contribution is 2.26. The van der Waals surface area contributed by atoms with Gasteiger partial charge >= 0.3 is 5.69 Å². The predicted molar refractivity (Wildman–Crippen MR) is 60.8 cm³/mol. The quantitative estimate of drug-likeness (QED) is 0.769. The van der Waals surface area contributed by atoms with Crippen molar-refractivity contribution in [3.05, 3.63) is 27.9 Å². The van der Waals surface area contributed by atoms with Crippen LogP contribution < -0.4 is 11.4 Å². The molecule has 0 saturated carbocycles. The van der Waals surface area contributed by atoms with E-state index in [-0.39, 0.29) is 11.6 Å². The molecule has 0 atom stereocenters. The van der Waals surface area contributed by atoms with E-state index in [0.717, 1.165) is 12.8 Å². The van der Waals surface area contributed by atoms with Crippen LogP contribution in [0.3, 0.4) is 0 Å². The summed E-state index contributed by atoms with van der Waals surface area (Å²) in [5.41, 5.74) is 5.80. The SMILES string of the molecule is Cn1cc(C(N)=O)c(C2CCOCC2)nc1=O. The second-order valence-electron chi connectivity index (χ2n) is 4.18. The summed E-state index contributed by atoms with van der Waals surface area (Å²) in [7, 11) is 1.55. The van der Waals surface area contributed by atoms with Crippen molar-refractivity contribution in [1.82, 2.24) is 9.55 Å². The van der Waals surface area contributed by atoms with E-state index in [1.165, 1.54) is 10.8 Å². The van der Waals surface area contributed by atoms with Crippen LogP contribution in [0.5, 0.6) is 0 Å². The molecule has 17 heavy (non-hydrogen) atoms. The molecular formula is C11H15N3O3. The lowest BCUT2D eigenvalue weighted by molar-refractivity contribution is 0.0834. The van der Waals surface area contributed by atoms with Crippen LogP contribution in [0, 0.1) is 0 Å². The Morgan fingerprint density at radius 1 is 1.53 bits per heavy atom. The van der Waals surface area contributed by atoms with Gasteiger partial charge in [-0.3, -0.25) is 4.79 Å². The fraction of sp³-hybridized carbons (Fsp3) is 0.545. The van der Waals surface area contributed by atoms with Crippen molar-refractivity contribution in [2.75, 3.05) is 13.2 Å². The largest absolute Gasteiger partial charge is 0.381 e. The number of hydrogen-bond donors (Lipinski definition) is 1. The van der Waals surface area contributed by atoms with Crippen molar-refractivity contribution in [3.63, 3.8) is 0 Å². The Kier molecular flexibility index (Phi) is 3.23. The zero-order valence-electron chi connectivity index (χ0n) is 9.68. The number of hydrogen-bond acceptors (Lipinski definition) is 4. The van der Waals surface area contributed by atoms with Gasteiger partial charge < -0.3 is 15.0 Å². The zero-order valence-corrected chi connectivity index (χ0v) is 9.68. The first-order chi connectivity index (χ1) is 8.09. The van der Waals surface area contributed by atoms with Crippen LogP contribution >= 0.6 is 0 Å². The number of carbonyl (C=O) groups is 1. The number of aromatic nitrogens is 2. The molecule has 6 heteroatoms. The number of amides is 1. The molecule has 2 N–H and O–H groups in total. The number of ether oxygens (including phenoxy) is 1. The van der Waals surface area contributed by atoms with Gasteiger partial charge in [-0.15, -0.1) is 0 Å². The van der Waals surface area contributed by atoms with Gasteiger partial charge in [0, 0.05) is 32.4 Å². The summed E-state index contributed by atoms with van der Waals surface area (Å²) >= 11 is 0. The molecule has 1 fully saturated rings. The average Bonchev–Trinajstić information content (AvgIpc) is 2.33. The van der Waals surface area contributed by atoms with E-state index in [9.17, 15) is 9.59 Å². The van der Waals surface area contributed by atoms with E-state index in [1.807, 2.05) is 0 Å². The molecule has 0 spiro atoms. The fourth-order valence-corrected chi connectivity index (χ4v) is 2.03. The number of nitrogens with zero attached hydrogens (tertiary/aromatic N) is 2. The normalized spacial score (nSPS) is 17.0. The monoisotopic (exact) mass is 237 g/mol. The first kappa shape index (κ1) is 11.8. The van der Waals surface area contributed by atoms with Gasteiger partial charge in [-0.1, -0.05) is 0 Å². The van der Waals surface area contributed by atoms with Crippen LogP contribution in [0.1, 0.15) is 34.8 Å². The number of rotatable bonds is 2.